The van der Waals surface area contributed by atoms with Crippen molar-refractivity contribution in [2.24, 2.45) is 10.7 Å². The molecule has 0 fully saturated rings. The van der Waals surface area contributed by atoms with E-state index < -0.39 is 0 Å². The van der Waals surface area contributed by atoms with Crippen LogP contribution in [-0.4, -0.2) is 11.5 Å². The molecule has 0 aromatic heterocycles. The lowest BCUT2D eigenvalue weighted by molar-refractivity contribution is -0.113. The predicted octanol–water partition coefficient (Wildman–Crippen LogP) is 3.48. The predicted molar refractivity (Wildman–Crippen MR) is 88.0 cm³/mol. The minimum atomic E-state index is -0.136. The lowest BCUT2D eigenvalue weighted by atomic mass is 10.0. The maximum atomic E-state index is 11.3. The van der Waals surface area contributed by atoms with Gasteiger partial charge in [-0.05, 0) is 43.2 Å². The van der Waals surface area contributed by atoms with Crippen molar-refractivity contribution in [3.8, 4) is 0 Å². The molecular formula is C18H20N2O. The van der Waals surface area contributed by atoms with Crippen LogP contribution in [0.25, 0.3) is 5.70 Å². The topological polar surface area (TPSA) is 55.5 Å². The van der Waals surface area contributed by atoms with E-state index in [0.717, 1.165) is 17.0 Å². The van der Waals surface area contributed by atoms with Crippen LogP contribution >= 0.6 is 0 Å². The second-order valence-corrected chi connectivity index (χ2v) is 5.24. The van der Waals surface area contributed by atoms with Crippen LogP contribution in [0.4, 0.5) is 0 Å². The molecule has 0 saturated heterocycles. The molecule has 3 heteroatoms. The minimum Gasteiger partial charge on any atom is -0.396 e. The highest BCUT2D eigenvalue weighted by atomic mass is 16.1. The van der Waals surface area contributed by atoms with E-state index in [2.05, 4.69) is 37.0 Å². The standard InChI is InChI=1S/C18H20N2O/c1-12-8-9-15(10-13(12)2)18-7-5-4-6-16(20-18)11-17(19)14(3)21/h4-5,7-11H,6,19H2,1-3H3/b17-11-. The maximum absolute atomic E-state index is 11.3. The van der Waals surface area contributed by atoms with Gasteiger partial charge in [0, 0.05) is 24.6 Å². The number of carbonyl (C=O) groups is 1. The van der Waals surface area contributed by atoms with Gasteiger partial charge in [0.1, 0.15) is 0 Å². The van der Waals surface area contributed by atoms with E-state index in [-0.39, 0.29) is 11.5 Å². The number of nitrogens with zero attached hydrogens (tertiary/aromatic N) is 1. The van der Waals surface area contributed by atoms with Gasteiger partial charge in [-0.3, -0.25) is 9.79 Å². The number of carbonyl (C=O) groups excluding carboxylic acids is 1. The van der Waals surface area contributed by atoms with Crippen molar-refractivity contribution in [1.82, 2.24) is 0 Å². The van der Waals surface area contributed by atoms with E-state index in [1.165, 1.54) is 18.1 Å². The van der Waals surface area contributed by atoms with Crippen LogP contribution in [0.5, 0.6) is 0 Å². The van der Waals surface area contributed by atoms with Gasteiger partial charge in [-0.15, -0.1) is 0 Å². The monoisotopic (exact) mass is 280 g/mol. The molecule has 1 heterocycles. The Morgan fingerprint density at radius 1 is 1.29 bits per heavy atom. The first kappa shape index (κ1) is 15.0. The van der Waals surface area contributed by atoms with Crippen molar-refractivity contribution in [3.63, 3.8) is 0 Å². The Bertz CT molecular complexity index is 691. The third-order valence-corrected chi connectivity index (χ3v) is 3.51. The van der Waals surface area contributed by atoms with Crippen LogP contribution in [0.15, 0.2) is 53.2 Å². The minimum absolute atomic E-state index is 0.136. The zero-order valence-electron chi connectivity index (χ0n) is 12.7. The Morgan fingerprint density at radius 3 is 2.71 bits per heavy atom. The van der Waals surface area contributed by atoms with Gasteiger partial charge < -0.3 is 5.73 Å². The summed E-state index contributed by atoms with van der Waals surface area (Å²) in [4.78, 5) is 15.9. The van der Waals surface area contributed by atoms with Crippen LogP contribution in [0.1, 0.15) is 30.0 Å². The smallest absolute Gasteiger partial charge is 0.175 e. The zero-order valence-corrected chi connectivity index (χ0v) is 12.7. The molecule has 0 saturated carbocycles. The van der Waals surface area contributed by atoms with Crippen molar-refractivity contribution in [1.29, 1.82) is 0 Å². The lowest BCUT2D eigenvalue weighted by Crippen LogP contribution is -2.09. The average Bonchev–Trinajstić information content (AvgIpc) is 2.67. The molecule has 1 aromatic rings. The molecule has 0 spiro atoms. The van der Waals surface area contributed by atoms with E-state index in [9.17, 15) is 4.79 Å². The number of rotatable bonds is 3. The van der Waals surface area contributed by atoms with Crippen LogP contribution < -0.4 is 5.73 Å². The lowest BCUT2D eigenvalue weighted by Gasteiger charge is -2.06. The fourth-order valence-electron chi connectivity index (χ4n) is 2.02. The van der Waals surface area contributed by atoms with Crippen LogP contribution in [-0.2, 0) is 4.79 Å². The van der Waals surface area contributed by atoms with Gasteiger partial charge in [0.05, 0.1) is 11.4 Å². The molecule has 1 aromatic carbocycles. The molecule has 0 amide bonds. The zero-order chi connectivity index (χ0) is 15.4. The summed E-state index contributed by atoms with van der Waals surface area (Å²) in [5.41, 5.74) is 11.2. The number of nitrogens with two attached hydrogens (primary N) is 1. The van der Waals surface area contributed by atoms with Crippen molar-refractivity contribution >= 4 is 17.2 Å². The van der Waals surface area contributed by atoms with Gasteiger partial charge in [0.2, 0.25) is 0 Å². The van der Waals surface area contributed by atoms with E-state index in [4.69, 9.17) is 5.73 Å². The quantitative estimate of drug-likeness (QED) is 0.862. The summed E-state index contributed by atoms with van der Waals surface area (Å²) in [6, 6.07) is 6.28. The van der Waals surface area contributed by atoms with Crippen molar-refractivity contribution in [2.75, 3.05) is 0 Å². The SMILES string of the molecule is CC(=O)/C(N)=C/C1=NC(c2ccc(C)c(C)c2)=CC=CC1. The first-order chi connectivity index (χ1) is 9.97. The molecule has 2 rings (SSSR count). The maximum Gasteiger partial charge on any atom is 0.175 e. The molecule has 108 valence electrons. The summed E-state index contributed by atoms with van der Waals surface area (Å²) < 4.78 is 0. The fourth-order valence-corrected chi connectivity index (χ4v) is 2.02. The van der Waals surface area contributed by atoms with Gasteiger partial charge in [0.25, 0.3) is 0 Å². The summed E-state index contributed by atoms with van der Waals surface area (Å²) in [6.45, 7) is 5.63. The van der Waals surface area contributed by atoms with Gasteiger partial charge in [-0.25, -0.2) is 0 Å². The Labute approximate surface area is 125 Å². The number of aliphatic imine (C=N–C) groups is 1. The molecule has 0 atom stereocenters. The number of Topliss-reactive ketones (excluding diaryl/α,β-unsaturated/α-hetero) is 1. The molecule has 21 heavy (non-hydrogen) atoms. The number of benzene rings is 1. The Morgan fingerprint density at radius 2 is 2.05 bits per heavy atom. The Kier molecular flexibility index (Phi) is 4.53. The van der Waals surface area contributed by atoms with E-state index in [1.807, 2.05) is 18.2 Å². The van der Waals surface area contributed by atoms with E-state index in [1.54, 1.807) is 6.08 Å². The summed E-state index contributed by atoms with van der Waals surface area (Å²) in [5.74, 6) is -0.136. The first-order valence-corrected chi connectivity index (χ1v) is 6.97. The molecule has 3 nitrogen and oxygen atoms in total. The number of ketones is 1. The summed E-state index contributed by atoms with van der Waals surface area (Å²) in [6.07, 6.45) is 8.30. The van der Waals surface area contributed by atoms with E-state index in [0.29, 0.717) is 6.42 Å². The van der Waals surface area contributed by atoms with Gasteiger partial charge in [-0.1, -0.05) is 24.3 Å². The molecule has 0 bridgehead atoms. The normalized spacial score (nSPS) is 15.3. The number of allylic oxidation sites excluding steroid dienone is 5. The third kappa shape index (κ3) is 3.78. The van der Waals surface area contributed by atoms with Gasteiger partial charge in [0.15, 0.2) is 5.78 Å². The van der Waals surface area contributed by atoms with E-state index >= 15 is 0 Å². The Balaban J connectivity index is 2.40. The molecule has 2 N–H and O–H groups in total. The third-order valence-electron chi connectivity index (χ3n) is 3.51. The second kappa shape index (κ2) is 6.35. The molecular weight excluding hydrogens is 260 g/mol. The molecule has 0 unspecified atom stereocenters. The van der Waals surface area contributed by atoms with Crippen molar-refractivity contribution in [2.45, 2.75) is 27.2 Å². The molecule has 0 radical (unpaired) electrons. The first-order valence-electron chi connectivity index (χ1n) is 6.97. The fraction of sp³-hybridized carbons (Fsp3) is 0.222. The number of hydrogen-bond donors (Lipinski definition) is 1. The highest BCUT2D eigenvalue weighted by molar-refractivity contribution is 6.06. The van der Waals surface area contributed by atoms with Gasteiger partial charge >= 0.3 is 0 Å². The van der Waals surface area contributed by atoms with Crippen LogP contribution in [0.2, 0.25) is 0 Å². The van der Waals surface area contributed by atoms with Crippen molar-refractivity contribution < 1.29 is 4.79 Å². The number of aryl methyl sites for hydroxylation is 2. The summed E-state index contributed by atoms with van der Waals surface area (Å²) in [7, 11) is 0. The highest BCUT2D eigenvalue weighted by Gasteiger charge is 2.07. The number of hydrogen-bond acceptors (Lipinski definition) is 3. The summed E-state index contributed by atoms with van der Waals surface area (Å²) in [5, 5.41) is 0. The average molecular weight is 280 g/mol. The summed E-state index contributed by atoms with van der Waals surface area (Å²) >= 11 is 0. The van der Waals surface area contributed by atoms with Crippen LogP contribution in [0.3, 0.4) is 0 Å². The highest BCUT2D eigenvalue weighted by Crippen LogP contribution is 2.22. The molecule has 1 aliphatic heterocycles. The van der Waals surface area contributed by atoms with Crippen molar-refractivity contribution in [3.05, 3.63) is 64.9 Å². The second-order valence-electron chi connectivity index (χ2n) is 5.24. The largest absolute Gasteiger partial charge is 0.396 e. The van der Waals surface area contributed by atoms with Gasteiger partial charge in [-0.2, -0.15) is 0 Å². The molecule has 0 aliphatic carbocycles. The molecule has 1 aliphatic rings. The Hall–Kier alpha value is -2.42. The van der Waals surface area contributed by atoms with Crippen LogP contribution in [0, 0.1) is 13.8 Å².